The zero-order chi connectivity index (χ0) is 15.5. The molecule has 2 atom stereocenters. The summed E-state index contributed by atoms with van der Waals surface area (Å²) >= 11 is 0. The minimum absolute atomic E-state index is 0.413. The number of rotatable bonds is 1. The number of hydrogen-bond acceptors (Lipinski definition) is 4. The largest absolute Gasteiger partial charge is 0.756 e. The number of phosphoric ester groups is 1. The molecule has 0 radical (unpaired) electrons. The summed E-state index contributed by atoms with van der Waals surface area (Å²) in [6, 6.07) is 0. The molecule has 1 aliphatic rings. The van der Waals surface area contributed by atoms with Crippen LogP contribution in [-0.2, 0) is 13.6 Å². The van der Waals surface area contributed by atoms with Crippen LogP contribution in [0.5, 0.6) is 0 Å². The van der Waals surface area contributed by atoms with E-state index in [4.69, 9.17) is 0 Å². The molecule has 1 heterocycles. The van der Waals surface area contributed by atoms with E-state index < -0.39 is 37.3 Å². The molecule has 1 aliphatic heterocycles. The van der Waals surface area contributed by atoms with Gasteiger partial charge in [0.05, 0.1) is 0 Å². The molecule has 19 heavy (non-hydrogen) atoms. The van der Waals surface area contributed by atoms with E-state index in [1.54, 1.807) is 0 Å². The van der Waals surface area contributed by atoms with Crippen molar-refractivity contribution in [2.75, 3.05) is 0 Å². The summed E-state index contributed by atoms with van der Waals surface area (Å²) in [6.45, 7) is 1.99. The van der Waals surface area contributed by atoms with Gasteiger partial charge in [0, 0.05) is 0 Å². The summed E-state index contributed by atoms with van der Waals surface area (Å²) in [7, 11) is -5.23. The van der Waals surface area contributed by atoms with Crippen molar-refractivity contribution in [3.63, 3.8) is 0 Å². The molecule has 11 heteroatoms. The molecule has 0 aromatic carbocycles. The van der Waals surface area contributed by atoms with E-state index in [1.165, 1.54) is 0 Å². The quantitative estimate of drug-likeness (QED) is 0.551. The van der Waals surface area contributed by atoms with Gasteiger partial charge in [0.1, 0.15) is 11.2 Å². The summed E-state index contributed by atoms with van der Waals surface area (Å²) in [5.74, 6) is -3.99. The SMILES string of the molecule is CC1(C)OP(=O)([O-])OC1(C)C(C(F)(F)F)C(F)(F)F. The second kappa shape index (κ2) is 4.09. The Labute approximate surface area is 104 Å². The van der Waals surface area contributed by atoms with Crippen molar-refractivity contribution in [1.82, 2.24) is 0 Å². The minimum Gasteiger partial charge on any atom is -0.756 e. The van der Waals surface area contributed by atoms with E-state index in [0.29, 0.717) is 6.92 Å². The van der Waals surface area contributed by atoms with E-state index in [0.717, 1.165) is 13.8 Å². The third-order valence-electron chi connectivity index (χ3n) is 3.04. The first-order chi connectivity index (χ1) is 8.03. The highest BCUT2D eigenvalue weighted by molar-refractivity contribution is 7.46. The molecule has 0 aliphatic carbocycles. The Morgan fingerprint density at radius 3 is 1.58 bits per heavy atom. The number of halogens is 6. The predicted octanol–water partition coefficient (Wildman–Crippen LogP) is 2.78. The maximum atomic E-state index is 12.7. The fourth-order valence-corrected chi connectivity index (χ4v) is 3.51. The Kier molecular flexibility index (Phi) is 3.61. The van der Waals surface area contributed by atoms with Gasteiger partial charge in [0.2, 0.25) is 0 Å². The molecule has 0 N–H and O–H groups in total. The van der Waals surface area contributed by atoms with Crippen molar-refractivity contribution in [2.24, 2.45) is 5.92 Å². The molecule has 0 aromatic rings. The first-order valence-electron chi connectivity index (χ1n) is 4.89. The molecular weight excluding hydrogens is 305 g/mol. The van der Waals surface area contributed by atoms with Gasteiger partial charge < -0.3 is 13.9 Å². The van der Waals surface area contributed by atoms with Gasteiger partial charge in [-0.15, -0.1) is 0 Å². The van der Waals surface area contributed by atoms with E-state index in [2.05, 4.69) is 9.05 Å². The molecular formula is C8H10F6O4P-. The van der Waals surface area contributed by atoms with Crippen molar-refractivity contribution < 1.29 is 44.8 Å². The fraction of sp³-hybridized carbons (Fsp3) is 1.00. The number of alkyl halides is 6. The fourth-order valence-electron chi connectivity index (χ4n) is 1.94. The highest BCUT2D eigenvalue weighted by atomic mass is 31.2. The van der Waals surface area contributed by atoms with Crippen LogP contribution in [-0.4, -0.2) is 23.6 Å². The average Bonchev–Trinajstić information content (AvgIpc) is 2.05. The maximum Gasteiger partial charge on any atom is 0.403 e. The van der Waals surface area contributed by atoms with E-state index >= 15 is 0 Å². The normalized spacial score (nSPS) is 35.9. The van der Waals surface area contributed by atoms with Crippen LogP contribution < -0.4 is 4.89 Å². The van der Waals surface area contributed by atoms with Crippen LogP contribution in [0.1, 0.15) is 20.8 Å². The van der Waals surface area contributed by atoms with Gasteiger partial charge >= 0.3 is 12.4 Å². The average molecular weight is 315 g/mol. The molecule has 0 spiro atoms. The maximum absolute atomic E-state index is 12.7. The molecule has 1 saturated heterocycles. The Bertz CT molecular complexity index is 402. The smallest absolute Gasteiger partial charge is 0.403 e. The lowest BCUT2D eigenvalue weighted by Crippen LogP contribution is -2.60. The Morgan fingerprint density at radius 1 is 1.00 bits per heavy atom. The van der Waals surface area contributed by atoms with Gasteiger partial charge in [-0.1, -0.05) is 0 Å². The second-order valence-corrected chi connectivity index (χ2v) is 6.02. The zero-order valence-corrected chi connectivity index (χ0v) is 10.8. The van der Waals surface area contributed by atoms with Gasteiger partial charge in [0.25, 0.3) is 7.82 Å². The Balaban J connectivity index is 3.42. The predicted molar refractivity (Wildman–Crippen MR) is 47.9 cm³/mol. The number of phosphoric acid groups is 1. The number of hydrogen-bond donors (Lipinski definition) is 0. The minimum atomic E-state index is -5.74. The first kappa shape index (κ1) is 16.7. The molecule has 2 unspecified atom stereocenters. The monoisotopic (exact) mass is 315 g/mol. The van der Waals surface area contributed by atoms with Crippen molar-refractivity contribution in [2.45, 2.75) is 44.3 Å². The molecule has 1 rings (SSSR count). The van der Waals surface area contributed by atoms with E-state index in [-0.39, 0.29) is 0 Å². The summed E-state index contributed by atoms with van der Waals surface area (Å²) < 4.78 is 95.2. The van der Waals surface area contributed by atoms with Crippen molar-refractivity contribution in [3.8, 4) is 0 Å². The lowest BCUT2D eigenvalue weighted by atomic mass is 9.76. The third-order valence-corrected chi connectivity index (χ3v) is 4.33. The highest BCUT2D eigenvalue weighted by Gasteiger charge is 2.73. The van der Waals surface area contributed by atoms with Crippen LogP contribution in [0, 0.1) is 5.92 Å². The third kappa shape index (κ3) is 2.91. The van der Waals surface area contributed by atoms with E-state index in [9.17, 15) is 35.8 Å². The van der Waals surface area contributed by atoms with Gasteiger partial charge in [0.15, 0.2) is 5.92 Å². The van der Waals surface area contributed by atoms with Crippen LogP contribution in [0.25, 0.3) is 0 Å². The lowest BCUT2D eigenvalue weighted by Gasteiger charge is -2.41. The molecule has 0 bridgehead atoms. The lowest BCUT2D eigenvalue weighted by molar-refractivity contribution is -0.331. The topological polar surface area (TPSA) is 58.6 Å². The van der Waals surface area contributed by atoms with Crippen LogP contribution in [0.2, 0.25) is 0 Å². The van der Waals surface area contributed by atoms with Gasteiger partial charge in [-0.05, 0) is 20.8 Å². The van der Waals surface area contributed by atoms with Gasteiger partial charge in [-0.2, -0.15) is 26.3 Å². The van der Waals surface area contributed by atoms with Crippen LogP contribution in [0.3, 0.4) is 0 Å². The zero-order valence-electron chi connectivity index (χ0n) is 9.93. The summed E-state index contributed by atoms with van der Waals surface area (Å²) in [5, 5.41) is 0. The highest BCUT2D eigenvalue weighted by Crippen LogP contribution is 2.64. The van der Waals surface area contributed by atoms with E-state index in [1.807, 2.05) is 0 Å². The van der Waals surface area contributed by atoms with Gasteiger partial charge in [-0.25, -0.2) is 0 Å². The summed E-state index contributed by atoms with van der Waals surface area (Å²) in [5.41, 5.74) is -5.46. The molecule has 114 valence electrons. The van der Waals surface area contributed by atoms with Crippen LogP contribution >= 0.6 is 7.82 Å². The van der Waals surface area contributed by atoms with Crippen LogP contribution in [0.4, 0.5) is 26.3 Å². The van der Waals surface area contributed by atoms with Crippen molar-refractivity contribution >= 4 is 7.82 Å². The van der Waals surface area contributed by atoms with Crippen molar-refractivity contribution in [3.05, 3.63) is 0 Å². The van der Waals surface area contributed by atoms with Gasteiger partial charge in [-0.3, -0.25) is 4.57 Å². The molecule has 0 aromatic heterocycles. The van der Waals surface area contributed by atoms with Crippen molar-refractivity contribution in [1.29, 1.82) is 0 Å². The molecule has 4 nitrogen and oxygen atoms in total. The Hall–Kier alpha value is -0.310. The summed E-state index contributed by atoms with van der Waals surface area (Å²) in [4.78, 5) is 11.1. The van der Waals surface area contributed by atoms with Crippen LogP contribution in [0.15, 0.2) is 0 Å². The molecule has 0 saturated carbocycles. The molecule has 0 amide bonds. The molecule has 1 fully saturated rings. The summed E-state index contributed by atoms with van der Waals surface area (Å²) in [6.07, 6.45) is -11.5. The first-order valence-corrected chi connectivity index (χ1v) is 6.35. The Morgan fingerprint density at radius 2 is 1.37 bits per heavy atom. The standard InChI is InChI=1S/C8H11F6O4P/c1-5(2)6(3,18-19(15,16)17-5)4(7(9,10)11)8(12,13)14/h4H,1-3H3,(H,15,16)/p-1. The second-order valence-electron chi connectivity index (χ2n) is 4.76.